The number of benzene rings is 1. The van der Waals surface area contributed by atoms with Crippen LogP contribution in [0.25, 0.3) is 16.3 Å². The molecule has 4 nitrogen and oxygen atoms in total. The zero-order valence-electron chi connectivity index (χ0n) is 10.8. The number of anilines is 1. The van der Waals surface area contributed by atoms with Crippen LogP contribution >= 0.6 is 11.3 Å². The third-order valence-electron chi connectivity index (χ3n) is 3.11. The van der Waals surface area contributed by atoms with Gasteiger partial charge in [-0.15, -0.1) is 16.4 Å². The molecule has 2 heterocycles. The quantitative estimate of drug-likeness (QED) is 0.778. The second-order valence-electron chi connectivity index (χ2n) is 4.45. The van der Waals surface area contributed by atoms with Crippen molar-refractivity contribution in [1.29, 1.82) is 0 Å². The minimum absolute atomic E-state index is 0.583. The Morgan fingerprint density at radius 1 is 1.11 bits per heavy atom. The van der Waals surface area contributed by atoms with Crippen molar-refractivity contribution in [1.82, 2.24) is 15.0 Å². The van der Waals surface area contributed by atoms with Crippen LogP contribution < -0.4 is 5.73 Å². The highest BCUT2D eigenvalue weighted by Crippen LogP contribution is 2.30. The molecule has 0 fully saturated rings. The number of para-hydroxylation sites is 1. The third kappa shape index (κ3) is 1.92. The average Bonchev–Trinajstić information content (AvgIpc) is 3.00. The topological polar surface area (TPSA) is 56.7 Å². The molecule has 0 spiro atoms. The van der Waals surface area contributed by atoms with Crippen LogP contribution in [0.4, 0.5) is 5.82 Å². The maximum atomic E-state index is 6.21. The van der Waals surface area contributed by atoms with Crippen molar-refractivity contribution in [3.63, 3.8) is 0 Å². The molecule has 0 aliphatic carbocycles. The first-order chi connectivity index (χ1) is 9.18. The molecule has 0 aliphatic rings. The molecule has 0 aliphatic heterocycles. The van der Waals surface area contributed by atoms with Gasteiger partial charge in [0.25, 0.3) is 0 Å². The molecule has 0 saturated heterocycles. The predicted octanol–water partition coefficient (Wildman–Crippen LogP) is 3.19. The van der Waals surface area contributed by atoms with Gasteiger partial charge in [0.15, 0.2) is 5.82 Å². The summed E-state index contributed by atoms with van der Waals surface area (Å²) in [7, 11) is 0. The second-order valence-corrected chi connectivity index (χ2v) is 5.40. The van der Waals surface area contributed by atoms with E-state index < -0.39 is 0 Å². The predicted molar refractivity (Wildman–Crippen MR) is 78.6 cm³/mol. The maximum absolute atomic E-state index is 6.21. The van der Waals surface area contributed by atoms with E-state index in [1.807, 2.05) is 49.6 Å². The zero-order chi connectivity index (χ0) is 13.4. The van der Waals surface area contributed by atoms with Crippen LogP contribution in [0.5, 0.6) is 0 Å². The minimum atomic E-state index is 0.583. The zero-order valence-corrected chi connectivity index (χ0v) is 11.6. The maximum Gasteiger partial charge on any atom is 0.156 e. The fraction of sp³-hybridized carbons (Fsp3) is 0.143. The van der Waals surface area contributed by atoms with Crippen LogP contribution in [-0.4, -0.2) is 15.0 Å². The van der Waals surface area contributed by atoms with E-state index in [1.54, 1.807) is 16.0 Å². The lowest BCUT2D eigenvalue weighted by Crippen LogP contribution is -2.06. The summed E-state index contributed by atoms with van der Waals surface area (Å²) in [6, 6.07) is 10.1. The number of nitrogen functional groups attached to an aromatic ring is 1. The van der Waals surface area contributed by atoms with Crippen molar-refractivity contribution < 1.29 is 0 Å². The highest BCUT2D eigenvalue weighted by atomic mass is 32.1. The van der Waals surface area contributed by atoms with Gasteiger partial charge in [0.2, 0.25) is 0 Å². The molecular formula is C14H14N4S. The lowest BCUT2D eigenvalue weighted by molar-refractivity contribution is 0.801. The minimum Gasteiger partial charge on any atom is -0.382 e. The summed E-state index contributed by atoms with van der Waals surface area (Å²) >= 11 is 1.61. The molecule has 0 saturated carbocycles. The van der Waals surface area contributed by atoms with Gasteiger partial charge in [-0.25, -0.2) is 0 Å². The first-order valence-corrected chi connectivity index (χ1v) is 6.88. The number of thiophene rings is 1. The molecule has 0 atom stereocenters. The summed E-state index contributed by atoms with van der Waals surface area (Å²) in [6.07, 6.45) is 0. The summed E-state index contributed by atoms with van der Waals surface area (Å²) in [5, 5.41) is 10.4. The Labute approximate surface area is 115 Å². The molecule has 0 unspecified atom stereocenters. The molecule has 5 heteroatoms. The third-order valence-corrected chi connectivity index (χ3v) is 3.99. The van der Waals surface area contributed by atoms with Crippen LogP contribution in [0.1, 0.15) is 11.1 Å². The van der Waals surface area contributed by atoms with Crippen molar-refractivity contribution >= 4 is 17.2 Å². The van der Waals surface area contributed by atoms with Gasteiger partial charge in [0, 0.05) is 0 Å². The Morgan fingerprint density at radius 3 is 2.47 bits per heavy atom. The van der Waals surface area contributed by atoms with E-state index in [9.17, 15) is 0 Å². The summed E-state index contributed by atoms with van der Waals surface area (Å²) in [5.41, 5.74) is 10.2. The van der Waals surface area contributed by atoms with Gasteiger partial charge in [-0.3, -0.25) is 0 Å². The Bertz CT molecular complexity index is 693. The molecule has 19 heavy (non-hydrogen) atoms. The fourth-order valence-corrected chi connectivity index (χ4v) is 2.90. The van der Waals surface area contributed by atoms with Gasteiger partial charge in [0.05, 0.1) is 10.6 Å². The fourth-order valence-electron chi connectivity index (χ4n) is 2.18. The van der Waals surface area contributed by atoms with Crippen molar-refractivity contribution in [2.24, 2.45) is 0 Å². The van der Waals surface area contributed by atoms with Gasteiger partial charge in [-0.1, -0.05) is 29.5 Å². The van der Waals surface area contributed by atoms with Gasteiger partial charge in [-0.2, -0.15) is 4.68 Å². The Balaban J connectivity index is 2.18. The molecule has 0 amide bonds. The Hall–Kier alpha value is -2.14. The van der Waals surface area contributed by atoms with Gasteiger partial charge in [0.1, 0.15) is 5.69 Å². The lowest BCUT2D eigenvalue weighted by atomic mass is 10.1. The van der Waals surface area contributed by atoms with Crippen LogP contribution in [0, 0.1) is 13.8 Å². The number of rotatable bonds is 2. The SMILES string of the molecule is Cc1cccc(C)c1-n1nnc(-c2cccs2)c1N. The van der Waals surface area contributed by atoms with E-state index in [2.05, 4.69) is 10.3 Å². The van der Waals surface area contributed by atoms with E-state index in [4.69, 9.17) is 5.73 Å². The average molecular weight is 270 g/mol. The molecule has 0 bridgehead atoms. The number of nitrogens with zero attached hydrogens (tertiary/aromatic N) is 3. The van der Waals surface area contributed by atoms with Gasteiger partial charge >= 0.3 is 0 Å². The van der Waals surface area contributed by atoms with E-state index in [1.165, 1.54) is 0 Å². The Kier molecular flexibility index (Phi) is 2.83. The molecule has 3 rings (SSSR count). The van der Waals surface area contributed by atoms with Crippen molar-refractivity contribution in [2.45, 2.75) is 13.8 Å². The van der Waals surface area contributed by atoms with Crippen LogP contribution in [0.2, 0.25) is 0 Å². The highest BCUT2D eigenvalue weighted by molar-refractivity contribution is 7.13. The van der Waals surface area contributed by atoms with Crippen molar-refractivity contribution in [3.05, 3.63) is 46.8 Å². The highest BCUT2D eigenvalue weighted by Gasteiger charge is 2.16. The smallest absolute Gasteiger partial charge is 0.156 e. The number of nitrogens with two attached hydrogens (primary N) is 1. The molecule has 2 aromatic heterocycles. The Morgan fingerprint density at radius 2 is 1.84 bits per heavy atom. The van der Waals surface area contributed by atoms with E-state index in [-0.39, 0.29) is 0 Å². The molecule has 0 radical (unpaired) electrons. The van der Waals surface area contributed by atoms with E-state index in [0.29, 0.717) is 5.82 Å². The molecule has 1 aromatic carbocycles. The van der Waals surface area contributed by atoms with Gasteiger partial charge < -0.3 is 5.73 Å². The first kappa shape index (κ1) is 11.9. The number of hydrogen-bond donors (Lipinski definition) is 1. The summed E-state index contributed by atoms with van der Waals surface area (Å²) in [5.74, 6) is 0.583. The number of hydrogen-bond acceptors (Lipinski definition) is 4. The molecule has 3 aromatic rings. The van der Waals surface area contributed by atoms with Crippen LogP contribution in [0.15, 0.2) is 35.7 Å². The van der Waals surface area contributed by atoms with Crippen LogP contribution in [-0.2, 0) is 0 Å². The van der Waals surface area contributed by atoms with Gasteiger partial charge in [-0.05, 0) is 36.4 Å². The monoisotopic (exact) mass is 270 g/mol. The summed E-state index contributed by atoms with van der Waals surface area (Å²) in [6.45, 7) is 4.10. The van der Waals surface area contributed by atoms with Crippen molar-refractivity contribution in [3.8, 4) is 16.3 Å². The summed E-state index contributed by atoms with van der Waals surface area (Å²) in [4.78, 5) is 1.04. The lowest BCUT2D eigenvalue weighted by Gasteiger charge is -2.10. The second kappa shape index (κ2) is 4.51. The first-order valence-electron chi connectivity index (χ1n) is 6.00. The standard InChI is InChI=1S/C14H14N4S/c1-9-5-3-6-10(2)13(9)18-14(15)12(16-17-18)11-7-4-8-19-11/h3-8H,15H2,1-2H3. The van der Waals surface area contributed by atoms with Crippen LogP contribution in [0.3, 0.4) is 0 Å². The number of aromatic nitrogens is 3. The van der Waals surface area contributed by atoms with E-state index >= 15 is 0 Å². The van der Waals surface area contributed by atoms with E-state index in [0.717, 1.165) is 27.4 Å². The summed E-state index contributed by atoms with van der Waals surface area (Å²) < 4.78 is 1.72. The molecule has 96 valence electrons. The molecular weight excluding hydrogens is 256 g/mol. The number of aryl methyl sites for hydroxylation is 2. The molecule has 2 N–H and O–H groups in total. The normalized spacial score (nSPS) is 10.8. The largest absolute Gasteiger partial charge is 0.382 e. The van der Waals surface area contributed by atoms with Crippen molar-refractivity contribution in [2.75, 3.05) is 5.73 Å².